The predicted octanol–water partition coefficient (Wildman–Crippen LogP) is 3.26. The molecule has 19 heavy (non-hydrogen) atoms. The number of hydrogen-bond acceptors (Lipinski definition) is 2. The molecule has 1 heterocycles. The monoisotopic (exact) mass is 285 g/mol. The summed E-state index contributed by atoms with van der Waals surface area (Å²) in [6, 6.07) is 4.40. The molecule has 1 aliphatic heterocycles. The highest BCUT2D eigenvalue weighted by molar-refractivity contribution is 6.31. The molecule has 1 aromatic rings. The molecule has 1 aliphatic rings. The Morgan fingerprint density at radius 1 is 1.37 bits per heavy atom. The van der Waals surface area contributed by atoms with Gasteiger partial charge in [0.25, 0.3) is 0 Å². The van der Waals surface area contributed by atoms with Crippen LogP contribution >= 0.6 is 11.6 Å². The van der Waals surface area contributed by atoms with Gasteiger partial charge in [-0.2, -0.15) is 0 Å². The van der Waals surface area contributed by atoms with Crippen molar-refractivity contribution in [2.75, 3.05) is 19.6 Å². The second kappa shape index (κ2) is 6.21. The Morgan fingerprint density at radius 2 is 2.16 bits per heavy atom. The zero-order chi connectivity index (χ0) is 13.9. The van der Waals surface area contributed by atoms with Crippen LogP contribution in [0.3, 0.4) is 0 Å². The van der Waals surface area contributed by atoms with E-state index in [1.54, 1.807) is 6.07 Å². The summed E-state index contributed by atoms with van der Waals surface area (Å²) in [6.45, 7) is 5.11. The van der Waals surface area contributed by atoms with Crippen molar-refractivity contribution in [3.8, 4) is 0 Å². The Kier molecular flexibility index (Phi) is 4.82. The molecule has 106 valence electrons. The fourth-order valence-electron chi connectivity index (χ4n) is 2.75. The molecule has 4 heteroatoms. The third-order valence-electron chi connectivity index (χ3n) is 3.99. The second-order valence-corrected chi connectivity index (χ2v) is 5.83. The molecule has 1 saturated heterocycles. The first kappa shape index (κ1) is 14.8. The van der Waals surface area contributed by atoms with Crippen LogP contribution in [0.1, 0.15) is 31.7 Å². The van der Waals surface area contributed by atoms with E-state index in [9.17, 15) is 9.50 Å². The summed E-state index contributed by atoms with van der Waals surface area (Å²) in [5.41, 5.74) is 0.112. The number of halogens is 2. The number of benzene rings is 1. The number of nitrogens with zero attached hydrogens (tertiary/aromatic N) is 1. The van der Waals surface area contributed by atoms with Crippen LogP contribution < -0.4 is 0 Å². The number of likely N-dealkylation sites (tertiary alicyclic amines) is 1. The van der Waals surface area contributed by atoms with E-state index >= 15 is 0 Å². The Balaban J connectivity index is 2.08. The largest absolute Gasteiger partial charge is 0.389 e. The van der Waals surface area contributed by atoms with Crippen LogP contribution in [0.2, 0.25) is 5.02 Å². The van der Waals surface area contributed by atoms with Crippen LogP contribution in [-0.2, 0) is 6.42 Å². The van der Waals surface area contributed by atoms with Gasteiger partial charge in [-0.1, -0.05) is 24.6 Å². The highest BCUT2D eigenvalue weighted by Crippen LogP contribution is 2.29. The molecule has 0 spiro atoms. The molecule has 2 nitrogen and oxygen atoms in total. The van der Waals surface area contributed by atoms with Crippen molar-refractivity contribution < 1.29 is 9.50 Å². The van der Waals surface area contributed by atoms with Gasteiger partial charge in [0.2, 0.25) is 0 Å². The average molecular weight is 286 g/mol. The van der Waals surface area contributed by atoms with Gasteiger partial charge >= 0.3 is 0 Å². The molecule has 1 aromatic carbocycles. The maximum absolute atomic E-state index is 13.0. The molecular formula is C15H21ClFNO. The minimum Gasteiger partial charge on any atom is -0.389 e. The quantitative estimate of drug-likeness (QED) is 0.921. The Hall–Kier alpha value is -0.640. The van der Waals surface area contributed by atoms with E-state index < -0.39 is 5.60 Å². The average Bonchev–Trinajstić information content (AvgIpc) is 2.55. The SMILES string of the molecule is CCN1CCCC(O)(Cc2ccc(F)cc2Cl)CC1. The fraction of sp³-hybridized carbons (Fsp3) is 0.600. The smallest absolute Gasteiger partial charge is 0.124 e. The molecule has 0 aromatic heterocycles. The van der Waals surface area contributed by atoms with Gasteiger partial charge in [0.15, 0.2) is 0 Å². The lowest BCUT2D eigenvalue weighted by Crippen LogP contribution is -2.33. The normalized spacial score (nSPS) is 25.3. The molecule has 0 radical (unpaired) electrons. The van der Waals surface area contributed by atoms with Gasteiger partial charge in [0.05, 0.1) is 5.60 Å². The third-order valence-corrected chi connectivity index (χ3v) is 4.34. The molecule has 0 aliphatic carbocycles. The Morgan fingerprint density at radius 3 is 2.84 bits per heavy atom. The van der Waals surface area contributed by atoms with E-state index in [2.05, 4.69) is 11.8 Å². The summed E-state index contributed by atoms with van der Waals surface area (Å²) in [5, 5.41) is 11.1. The lowest BCUT2D eigenvalue weighted by molar-refractivity contribution is 0.0258. The van der Waals surface area contributed by atoms with E-state index in [1.807, 2.05) is 0 Å². The van der Waals surface area contributed by atoms with Crippen LogP contribution in [-0.4, -0.2) is 35.2 Å². The van der Waals surface area contributed by atoms with E-state index in [-0.39, 0.29) is 5.82 Å². The van der Waals surface area contributed by atoms with Crippen LogP contribution in [0.15, 0.2) is 18.2 Å². The molecule has 1 N–H and O–H groups in total. The molecule has 1 fully saturated rings. The van der Waals surface area contributed by atoms with E-state index in [1.165, 1.54) is 12.1 Å². The lowest BCUT2D eigenvalue weighted by Gasteiger charge is -2.27. The van der Waals surface area contributed by atoms with E-state index in [0.29, 0.717) is 11.4 Å². The summed E-state index contributed by atoms with van der Waals surface area (Å²) in [7, 11) is 0. The minimum atomic E-state index is -0.717. The van der Waals surface area contributed by atoms with Crippen LogP contribution in [0.5, 0.6) is 0 Å². The summed E-state index contributed by atoms with van der Waals surface area (Å²) in [4.78, 5) is 2.35. The van der Waals surface area contributed by atoms with Gasteiger partial charge in [0.1, 0.15) is 5.82 Å². The molecule has 1 unspecified atom stereocenters. The molecular weight excluding hydrogens is 265 g/mol. The third kappa shape index (κ3) is 3.91. The van der Waals surface area contributed by atoms with Gasteiger partial charge < -0.3 is 10.0 Å². The predicted molar refractivity (Wildman–Crippen MR) is 76.0 cm³/mol. The van der Waals surface area contributed by atoms with Crippen molar-refractivity contribution in [1.82, 2.24) is 4.90 Å². The molecule has 2 rings (SSSR count). The summed E-state index contributed by atoms with van der Waals surface area (Å²) >= 11 is 6.05. The molecule has 1 atom stereocenters. The van der Waals surface area contributed by atoms with Crippen molar-refractivity contribution in [3.63, 3.8) is 0 Å². The molecule has 0 saturated carbocycles. The van der Waals surface area contributed by atoms with Crippen LogP contribution in [0.25, 0.3) is 0 Å². The molecule has 0 bridgehead atoms. The summed E-state index contributed by atoms with van der Waals surface area (Å²) < 4.78 is 13.0. The van der Waals surface area contributed by atoms with E-state index in [4.69, 9.17) is 11.6 Å². The second-order valence-electron chi connectivity index (χ2n) is 5.42. The first-order chi connectivity index (χ1) is 9.02. The zero-order valence-corrected chi connectivity index (χ0v) is 12.1. The van der Waals surface area contributed by atoms with Crippen molar-refractivity contribution in [1.29, 1.82) is 0 Å². The lowest BCUT2D eigenvalue weighted by atomic mass is 9.88. The highest BCUT2D eigenvalue weighted by atomic mass is 35.5. The van der Waals surface area contributed by atoms with Crippen LogP contribution in [0, 0.1) is 5.82 Å². The first-order valence-corrected chi connectivity index (χ1v) is 7.29. The van der Waals surface area contributed by atoms with Crippen molar-refractivity contribution in [2.45, 2.75) is 38.2 Å². The first-order valence-electron chi connectivity index (χ1n) is 6.91. The van der Waals surface area contributed by atoms with E-state index in [0.717, 1.165) is 44.5 Å². The Bertz CT molecular complexity index is 440. The van der Waals surface area contributed by atoms with Crippen molar-refractivity contribution in [2.24, 2.45) is 0 Å². The van der Waals surface area contributed by atoms with Gasteiger partial charge in [-0.3, -0.25) is 0 Å². The molecule has 0 amide bonds. The standard InChI is InChI=1S/C15H21ClFNO/c1-2-18-8-3-6-15(19,7-9-18)11-12-4-5-13(17)10-14(12)16/h4-5,10,19H,2-3,6-9,11H2,1H3. The minimum absolute atomic E-state index is 0.334. The number of aliphatic hydroxyl groups is 1. The number of hydrogen-bond donors (Lipinski definition) is 1. The van der Waals surface area contributed by atoms with Gasteiger partial charge in [-0.05, 0) is 50.0 Å². The van der Waals surface area contributed by atoms with Crippen molar-refractivity contribution >= 4 is 11.6 Å². The summed E-state index contributed by atoms with van der Waals surface area (Å²) in [6.07, 6.45) is 3.01. The Labute approximate surface area is 119 Å². The topological polar surface area (TPSA) is 23.5 Å². The van der Waals surface area contributed by atoms with Crippen LogP contribution in [0.4, 0.5) is 4.39 Å². The van der Waals surface area contributed by atoms with Gasteiger partial charge in [-0.25, -0.2) is 4.39 Å². The van der Waals surface area contributed by atoms with Gasteiger partial charge in [0, 0.05) is 18.0 Å². The maximum Gasteiger partial charge on any atom is 0.124 e. The van der Waals surface area contributed by atoms with Crippen molar-refractivity contribution in [3.05, 3.63) is 34.6 Å². The maximum atomic E-state index is 13.0. The fourth-order valence-corrected chi connectivity index (χ4v) is 2.98. The summed E-state index contributed by atoms with van der Waals surface area (Å²) in [5.74, 6) is -0.334. The van der Waals surface area contributed by atoms with Gasteiger partial charge in [-0.15, -0.1) is 0 Å². The number of rotatable bonds is 3. The zero-order valence-electron chi connectivity index (χ0n) is 11.3. The highest BCUT2D eigenvalue weighted by Gasteiger charge is 2.30.